The van der Waals surface area contributed by atoms with E-state index < -0.39 is 6.10 Å². The van der Waals surface area contributed by atoms with Gasteiger partial charge in [-0.25, -0.2) is 4.98 Å². The lowest BCUT2D eigenvalue weighted by Gasteiger charge is -2.13. The van der Waals surface area contributed by atoms with E-state index in [4.69, 9.17) is 0 Å². The summed E-state index contributed by atoms with van der Waals surface area (Å²) in [6, 6.07) is 0. The lowest BCUT2D eigenvalue weighted by atomic mass is 10.1. The van der Waals surface area contributed by atoms with Crippen LogP contribution < -0.4 is 5.32 Å². The van der Waals surface area contributed by atoms with Crippen LogP contribution in [0.3, 0.4) is 0 Å². The monoisotopic (exact) mass is 268 g/mol. The molecule has 2 atom stereocenters. The largest absolute Gasteiger partial charge is 0.392 e. The van der Waals surface area contributed by atoms with E-state index in [0.29, 0.717) is 6.54 Å². The van der Waals surface area contributed by atoms with Crippen LogP contribution >= 0.6 is 11.3 Å². The Labute approximate surface area is 111 Å². The van der Waals surface area contributed by atoms with E-state index in [9.17, 15) is 9.90 Å². The summed E-state index contributed by atoms with van der Waals surface area (Å²) in [6.07, 6.45) is 3.91. The first kappa shape index (κ1) is 13.5. The predicted octanol–water partition coefficient (Wildman–Crippen LogP) is 1.66. The molecule has 1 heterocycles. The van der Waals surface area contributed by atoms with Gasteiger partial charge in [-0.05, 0) is 32.6 Å². The van der Waals surface area contributed by atoms with Crippen molar-refractivity contribution >= 4 is 17.2 Å². The van der Waals surface area contributed by atoms with Crippen molar-refractivity contribution in [3.05, 3.63) is 16.1 Å². The molecule has 2 unspecified atom stereocenters. The van der Waals surface area contributed by atoms with Crippen molar-refractivity contribution in [1.82, 2.24) is 10.3 Å². The van der Waals surface area contributed by atoms with Crippen LogP contribution in [0.25, 0.3) is 0 Å². The molecule has 4 nitrogen and oxygen atoms in total. The van der Waals surface area contributed by atoms with Crippen molar-refractivity contribution in [3.8, 4) is 0 Å². The van der Waals surface area contributed by atoms with Gasteiger partial charge in [0.1, 0.15) is 0 Å². The third-order valence-electron chi connectivity index (χ3n) is 3.35. The van der Waals surface area contributed by atoms with Crippen molar-refractivity contribution in [1.29, 1.82) is 0 Å². The summed E-state index contributed by atoms with van der Waals surface area (Å²) in [5.74, 6) is -0.178. The Kier molecular flexibility index (Phi) is 4.72. The summed E-state index contributed by atoms with van der Waals surface area (Å²) in [6.45, 7) is 2.66. The van der Waals surface area contributed by atoms with Crippen LogP contribution in [0.1, 0.15) is 36.4 Å². The van der Waals surface area contributed by atoms with Crippen LogP contribution in [0, 0.1) is 12.8 Å². The molecule has 0 bridgehead atoms. The Bertz CT molecular complexity index is 405. The zero-order valence-corrected chi connectivity index (χ0v) is 11.5. The highest BCUT2D eigenvalue weighted by Gasteiger charge is 2.30. The highest BCUT2D eigenvalue weighted by molar-refractivity contribution is 7.09. The predicted molar refractivity (Wildman–Crippen MR) is 71.5 cm³/mol. The fraction of sp³-hybridized carbons (Fsp3) is 0.692. The Morgan fingerprint density at radius 1 is 1.61 bits per heavy atom. The van der Waals surface area contributed by atoms with Crippen molar-refractivity contribution in [2.45, 2.75) is 45.1 Å². The number of nitrogens with one attached hydrogen (secondary N) is 1. The number of hydrogen-bond acceptors (Lipinski definition) is 4. The second-order valence-corrected chi connectivity index (χ2v) is 5.82. The van der Waals surface area contributed by atoms with Gasteiger partial charge in [-0.1, -0.05) is 0 Å². The molecule has 0 aliphatic heterocycles. The molecule has 1 aliphatic rings. The fourth-order valence-electron chi connectivity index (χ4n) is 2.35. The topological polar surface area (TPSA) is 62.2 Å². The number of carbonyl (C=O) groups is 1. The Balaban J connectivity index is 1.64. The van der Waals surface area contributed by atoms with Gasteiger partial charge in [-0.3, -0.25) is 4.79 Å². The van der Waals surface area contributed by atoms with Crippen LogP contribution in [0.4, 0.5) is 0 Å². The maximum Gasteiger partial charge on any atom is 0.225 e. The van der Waals surface area contributed by atoms with Gasteiger partial charge in [-0.2, -0.15) is 0 Å². The van der Waals surface area contributed by atoms with E-state index in [2.05, 4.69) is 10.3 Å². The van der Waals surface area contributed by atoms with Crippen LogP contribution in [0.2, 0.25) is 0 Å². The average Bonchev–Trinajstić information content (AvgIpc) is 2.93. The zero-order valence-electron chi connectivity index (χ0n) is 10.7. The minimum absolute atomic E-state index is 0.00955. The quantitative estimate of drug-likeness (QED) is 0.798. The number of amides is 1. The molecule has 0 spiro atoms. The molecule has 2 N–H and O–H groups in total. The molecular formula is C13H20N2O2S. The minimum atomic E-state index is -0.438. The Morgan fingerprint density at radius 2 is 2.44 bits per heavy atom. The van der Waals surface area contributed by atoms with Crippen molar-refractivity contribution < 1.29 is 9.90 Å². The van der Waals surface area contributed by atoms with Crippen molar-refractivity contribution in [3.63, 3.8) is 0 Å². The number of hydrogen-bond donors (Lipinski definition) is 2. The molecule has 5 heteroatoms. The molecule has 0 aromatic carbocycles. The van der Waals surface area contributed by atoms with E-state index in [1.807, 2.05) is 12.3 Å². The number of aryl methyl sites for hydroxylation is 2. The molecule has 1 fully saturated rings. The van der Waals surface area contributed by atoms with E-state index >= 15 is 0 Å². The summed E-state index contributed by atoms with van der Waals surface area (Å²) in [5, 5.41) is 15.7. The highest BCUT2D eigenvalue weighted by atomic mass is 32.1. The molecule has 1 saturated carbocycles. The smallest absolute Gasteiger partial charge is 0.225 e. The lowest BCUT2D eigenvalue weighted by molar-refractivity contribution is -0.127. The van der Waals surface area contributed by atoms with E-state index in [1.165, 1.54) is 0 Å². The minimum Gasteiger partial charge on any atom is -0.392 e. The van der Waals surface area contributed by atoms with Crippen LogP contribution in [-0.2, 0) is 11.2 Å². The number of nitrogens with zero attached hydrogens (tertiary/aromatic N) is 1. The van der Waals surface area contributed by atoms with Gasteiger partial charge >= 0.3 is 0 Å². The average molecular weight is 268 g/mol. The molecule has 1 aromatic rings. The molecule has 1 aromatic heterocycles. The van der Waals surface area contributed by atoms with Crippen molar-refractivity contribution in [2.75, 3.05) is 6.54 Å². The maximum absolute atomic E-state index is 11.8. The number of carbonyl (C=O) groups excluding carboxylic acids is 1. The molecule has 1 aliphatic carbocycles. The lowest BCUT2D eigenvalue weighted by Crippen LogP contribution is -2.35. The highest BCUT2D eigenvalue weighted by Crippen LogP contribution is 2.25. The first-order chi connectivity index (χ1) is 8.66. The van der Waals surface area contributed by atoms with Gasteiger partial charge in [0.05, 0.1) is 17.0 Å². The Hall–Kier alpha value is -0.940. The standard InChI is InChI=1S/C13H20N2O2S/c1-9-8-18-12(15-9)6-3-7-14-13(17)10-4-2-5-11(10)16/h8,10-11,16H,2-7H2,1H3,(H,14,17). The molecule has 0 saturated heterocycles. The number of aromatic nitrogens is 1. The third-order valence-corrected chi connectivity index (χ3v) is 4.38. The molecule has 2 rings (SSSR count). The first-order valence-corrected chi connectivity index (χ1v) is 7.41. The summed E-state index contributed by atoms with van der Waals surface area (Å²) < 4.78 is 0. The number of thiazole rings is 1. The summed E-state index contributed by atoms with van der Waals surface area (Å²) >= 11 is 1.67. The fourth-order valence-corrected chi connectivity index (χ4v) is 3.16. The van der Waals surface area contributed by atoms with Crippen LogP contribution in [-0.4, -0.2) is 28.6 Å². The second kappa shape index (κ2) is 6.29. The maximum atomic E-state index is 11.8. The molecule has 1 amide bonds. The molecule has 18 heavy (non-hydrogen) atoms. The molecule has 0 radical (unpaired) electrons. The van der Waals surface area contributed by atoms with Crippen molar-refractivity contribution in [2.24, 2.45) is 5.92 Å². The van der Waals surface area contributed by atoms with Gasteiger partial charge in [0, 0.05) is 24.0 Å². The SMILES string of the molecule is Cc1csc(CCCNC(=O)C2CCCC2O)n1. The van der Waals surface area contributed by atoms with E-state index in [1.54, 1.807) is 11.3 Å². The third kappa shape index (κ3) is 3.53. The van der Waals surface area contributed by atoms with Crippen LogP contribution in [0.15, 0.2) is 5.38 Å². The molecule has 100 valence electrons. The Morgan fingerprint density at radius 3 is 3.06 bits per heavy atom. The van der Waals surface area contributed by atoms with E-state index in [-0.39, 0.29) is 11.8 Å². The van der Waals surface area contributed by atoms with Gasteiger partial charge in [-0.15, -0.1) is 11.3 Å². The summed E-state index contributed by atoms with van der Waals surface area (Å²) in [7, 11) is 0. The van der Waals surface area contributed by atoms with Gasteiger partial charge < -0.3 is 10.4 Å². The summed E-state index contributed by atoms with van der Waals surface area (Å²) in [5.41, 5.74) is 1.06. The second-order valence-electron chi connectivity index (χ2n) is 4.88. The van der Waals surface area contributed by atoms with Gasteiger partial charge in [0.2, 0.25) is 5.91 Å². The van der Waals surface area contributed by atoms with Gasteiger partial charge in [0.25, 0.3) is 0 Å². The number of rotatable bonds is 5. The zero-order chi connectivity index (χ0) is 13.0. The van der Waals surface area contributed by atoms with Crippen LogP contribution in [0.5, 0.6) is 0 Å². The summed E-state index contributed by atoms with van der Waals surface area (Å²) in [4.78, 5) is 16.2. The number of aliphatic hydroxyl groups excluding tert-OH is 1. The number of aliphatic hydroxyl groups is 1. The first-order valence-electron chi connectivity index (χ1n) is 6.53. The van der Waals surface area contributed by atoms with E-state index in [0.717, 1.165) is 42.8 Å². The van der Waals surface area contributed by atoms with Gasteiger partial charge in [0.15, 0.2) is 0 Å². The molecular weight excluding hydrogens is 248 g/mol. The normalized spacial score (nSPS) is 23.2.